The summed E-state index contributed by atoms with van der Waals surface area (Å²) in [6, 6.07) is 5.72. The zero-order chi connectivity index (χ0) is 17.1. The van der Waals surface area contributed by atoms with Crippen molar-refractivity contribution in [3.8, 4) is 0 Å². The third-order valence-corrected chi connectivity index (χ3v) is 4.86. The highest BCUT2D eigenvalue weighted by Gasteiger charge is 2.22. The summed E-state index contributed by atoms with van der Waals surface area (Å²) in [7, 11) is 0. The normalized spacial score (nSPS) is 18.5. The van der Waals surface area contributed by atoms with Gasteiger partial charge in [0.1, 0.15) is 11.6 Å². The number of rotatable bonds is 3. The van der Waals surface area contributed by atoms with E-state index in [1.807, 2.05) is 24.4 Å². The number of hydrogen-bond donors (Lipinski definition) is 0. The highest BCUT2D eigenvalue weighted by atomic mass is 35.5. The summed E-state index contributed by atoms with van der Waals surface area (Å²) in [5, 5.41) is 0.701. The van der Waals surface area contributed by atoms with Gasteiger partial charge >= 0.3 is 0 Å². The monoisotopic (exact) mass is 360 g/mol. The van der Waals surface area contributed by atoms with Crippen LogP contribution in [0.25, 0.3) is 0 Å². The average Bonchev–Trinajstić information content (AvgIpc) is 2.69. The zero-order valence-electron chi connectivity index (χ0n) is 14.0. The van der Waals surface area contributed by atoms with Crippen LogP contribution in [0, 0.1) is 0 Å². The summed E-state index contributed by atoms with van der Waals surface area (Å²) in [5.41, 5.74) is 0. The minimum Gasteiger partial charge on any atom is -0.378 e. The van der Waals surface area contributed by atoms with Gasteiger partial charge in [0, 0.05) is 51.7 Å². The number of nitrogens with zero attached hydrogens (tertiary/aromatic N) is 6. The van der Waals surface area contributed by atoms with Gasteiger partial charge in [-0.15, -0.1) is 0 Å². The molecule has 0 atom stereocenters. The van der Waals surface area contributed by atoms with Gasteiger partial charge in [0.15, 0.2) is 0 Å². The molecule has 0 unspecified atom stereocenters. The number of ether oxygens (including phenoxy) is 1. The van der Waals surface area contributed by atoms with Gasteiger partial charge < -0.3 is 19.4 Å². The summed E-state index contributed by atoms with van der Waals surface area (Å²) in [4.78, 5) is 20.3. The number of hydrogen-bond acceptors (Lipinski definition) is 7. The Kier molecular flexibility index (Phi) is 4.85. The molecule has 0 aromatic carbocycles. The Labute approximate surface area is 152 Å². The van der Waals surface area contributed by atoms with Gasteiger partial charge in [-0.25, -0.2) is 9.97 Å². The molecule has 2 saturated heterocycles. The average molecular weight is 361 g/mol. The first-order chi connectivity index (χ1) is 12.3. The number of halogens is 1. The van der Waals surface area contributed by atoms with Gasteiger partial charge in [0.05, 0.1) is 18.2 Å². The second-order valence-corrected chi connectivity index (χ2v) is 6.50. The number of anilines is 3. The van der Waals surface area contributed by atoms with Crippen molar-refractivity contribution in [1.82, 2.24) is 15.0 Å². The molecule has 0 radical (unpaired) electrons. The molecule has 8 heteroatoms. The summed E-state index contributed by atoms with van der Waals surface area (Å²) in [6.45, 7) is 6.65. The highest BCUT2D eigenvalue weighted by Crippen LogP contribution is 2.24. The van der Waals surface area contributed by atoms with Crippen molar-refractivity contribution in [3.05, 3.63) is 35.6 Å². The quantitative estimate of drug-likeness (QED) is 0.825. The van der Waals surface area contributed by atoms with E-state index in [0.717, 1.165) is 70.1 Å². The summed E-state index contributed by atoms with van der Waals surface area (Å²) in [6.07, 6.45) is 3.63. The third kappa shape index (κ3) is 3.62. The molecule has 0 saturated carbocycles. The molecule has 4 heterocycles. The largest absolute Gasteiger partial charge is 0.378 e. The smallest absolute Gasteiger partial charge is 0.227 e. The summed E-state index contributed by atoms with van der Waals surface area (Å²) in [5.74, 6) is 2.62. The maximum absolute atomic E-state index is 6.26. The van der Waals surface area contributed by atoms with Crippen LogP contribution in [0.2, 0.25) is 5.02 Å². The molecule has 132 valence electrons. The van der Waals surface area contributed by atoms with Gasteiger partial charge in [-0.3, -0.25) is 0 Å². The van der Waals surface area contributed by atoms with Crippen molar-refractivity contribution in [2.75, 3.05) is 67.2 Å². The van der Waals surface area contributed by atoms with E-state index in [1.54, 1.807) is 6.20 Å². The van der Waals surface area contributed by atoms with E-state index in [9.17, 15) is 0 Å². The number of aromatic nitrogens is 3. The van der Waals surface area contributed by atoms with E-state index in [2.05, 4.69) is 24.7 Å². The molecule has 4 rings (SSSR count). The Morgan fingerprint density at radius 2 is 1.60 bits per heavy atom. The van der Waals surface area contributed by atoms with E-state index >= 15 is 0 Å². The van der Waals surface area contributed by atoms with Crippen LogP contribution in [-0.4, -0.2) is 67.4 Å². The van der Waals surface area contributed by atoms with Crippen molar-refractivity contribution >= 4 is 29.2 Å². The van der Waals surface area contributed by atoms with Crippen molar-refractivity contribution in [2.24, 2.45) is 0 Å². The molecule has 7 nitrogen and oxygen atoms in total. The SMILES string of the molecule is Clc1cccnc1N1CCN(c2ccnc(N3CCOCC3)n2)CC1. The first-order valence-corrected chi connectivity index (χ1v) is 8.95. The molecule has 2 aromatic rings. The highest BCUT2D eigenvalue weighted by molar-refractivity contribution is 6.32. The van der Waals surface area contributed by atoms with Gasteiger partial charge in [0.25, 0.3) is 0 Å². The first kappa shape index (κ1) is 16.4. The second-order valence-electron chi connectivity index (χ2n) is 6.10. The van der Waals surface area contributed by atoms with Crippen LogP contribution in [0.1, 0.15) is 0 Å². The maximum atomic E-state index is 6.26. The van der Waals surface area contributed by atoms with Crippen LogP contribution in [0.3, 0.4) is 0 Å². The van der Waals surface area contributed by atoms with E-state index in [4.69, 9.17) is 21.3 Å². The summed E-state index contributed by atoms with van der Waals surface area (Å²) < 4.78 is 5.40. The number of morpholine rings is 1. The molecule has 2 fully saturated rings. The Morgan fingerprint density at radius 3 is 2.36 bits per heavy atom. The lowest BCUT2D eigenvalue weighted by Gasteiger charge is -2.36. The lowest BCUT2D eigenvalue weighted by molar-refractivity contribution is 0.122. The van der Waals surface area contributed by atoms with E-state index in [0.29, 0.717) is 5.02 Å². The Bertz CT molecular complexity index is 716. The zero-order valence-corrected chi connectivity index (χ0v) is 14.8. The molecular weight excluding hydrogens is 340 g/mol. The predicted octanol–water partition coefficient (Wildman–Crippen LogP) is 1.69. The van der Waals surface area contributed by atoms with Crippen molar-refractivity contribution in [1.29, 1.82) is 0 Å². The van der Waals surface area contributed by atoms with Crippen LogP contribution in [0.4, 0.5) is 17.6 Å². The standard InChI is InChI=1S/C17H21ClN6O/c18-14-2-1-4-19-16(14)23-8-6-22(7-9-23)15-3-5-20-17(21-15)24-10-12-25-13-11-24/h1-5H,6-13H2. The van der Waals surface area contributed by atoms with Crippen molar-refractivity contribution in [3.63, 3.8) is 0 Å². The van der Waals surface area contributed by atoms with Gasteiger partial charge in [-0.2, -0.15) is 4.98 Å². The summed E-state index contributed by atoms with van der Waals surface area (Å²) >= 11 is 6.26. The molecule has 2 aliphatic rings. The Morgan fingerprint density at radius 1 is 0.840 bits per heavy atom. The second kappa shape index (κ2) is 7.41. The first-order valence-electron chi connectivity index (χ1n) is 8.57. The molecular formula is C17H21ClN6O. The lowest BCUT2D eigenvalue weighted by Crippen LogP contribution is -2.47. The molecule has 2 aliphatic heterocycles. The molecule has 2 aromatic heterocycles. The maximum Gasteiger partial charge on any atom is 0.227 e. The molecule has 0 bridgehead atoms. The van der Waals surface area contributed by atoms with Gasteiger partial charge in [-0.1, -0.05) is 11.6 Å². The lowest BCUT2D eigenvalue weighted by atomic mass is 10.3. The van der Waals surface area contributed by atoms with Crippen LogP contribution in [-0.2, 0) is 4.74 Å². The van der Waals surface area contributed by atoms with E-state index < -0.39 is 0 Å². The van der Waals surface area contributed by atoms with Crippen molar-refractivity contribution in [2.45, 2.75) is 0 Å². The fourth-order valence-electron chi connectivity index (χ4n) is 3.19. The minimum absolute atomic E-state index is 0.701. The van der Waals surface area contributed by atoms with Crippen LogP contribution in [0.5, 0.6) is 0 Å². The molecule has 0 amide bonds. The van der Waals surface area contributed by atoms with E-state index in [1.165, 1.54) is 0 Å². The van der Waals surface area contributed by atoms with Gasteiger partial charge in [-0.05, 0) is 18.2 Å². The fourth-order valence-corrected chi connectivity index (χ4v) is 3.43. The van der Waals surface area contributed by atoms with E-state index in [-0.39, 0.29) is 0 Å². The molecule has 25 heavy (non-hydrogen) atoms. The third-order valence-electron chi connectivity index (χ3n) is 4.56. The van der Waals surface area contributed by atoms with Crippen LogP contribution in [0.15, 0.2) is 30.6 Å². The predicted molar refractivity (Wildman–Crippen MR) is 98.7 cm³/mol. The van der Waals surface area contributed by atoms with Crippen molar-refractivity contribution < 1.29 is 4.74 Å². The molecule has 0 spiro atoms. The number of piperazine rings is 1. The molecule has 0 N–H and O–H groups in total. The fraction of sp³-hybridized carbons (Fsp3) is 0.471. The Hall–Kier alpha value is -2.12. The van der Waals surface area contributed by atoms with Crippen LogP contribution >= 0.6 is 11.6 Å². The minimum atomic E-state index is 0.701. The topological polar surface area (TPSA) is 57.6 Å². The number of pyridine rings is 1. The Balaban J connectivity index is 1.43. The van der Waals surface area contributed by atoms with Crippen LogP contribution < -0.4 is 14.7 Å². The van der Waals surface area contributed by atoms with Gasteiger partial charge in [0.2, 0.25) is 5.95 Å². The molecule has 0 aliphatic carbocycles.